The molecule has 0 aliphatic heterocycles. The van der Waals surface area contributed by atoms with Crippen LogP contribution in [-0.2, 0) is 0 Å². The number of fused-ring (bicyclic) bond motifs is 1. The van der Waals surface area contributed by atoms with E-state index in [0.717, 1.165) is 0 Å². The van der Waals surface area contributed by atoms with Crippen LogP contribution in [-0.4, -0.2) is 21.0 Å². The highest BCUT2D eigenvalue weighted by Crippen LogP contribution is 2.17. The number of anilines is 1. The molecule has 5 nitrogen and oxygen atoms in total. The second-order valence-corrected chi connectivity index (χ2v) is 2.64. The largest absolute Gasteiger partial charge is 0.478 e. The van der Waals surface area contributed by atoms with Crippen LogP contribution in [0, 0.1) is 0 Å². The van der Waals surface area contributed by atoms with E-state index in [9.17, 15) is 4.79 Å². The summed E-state index contributed by atoms with van der Waals surface area (Å²) in [5, 5.41) is 8.82. The van der Waals surface area contributed by atoms with Crippen molar-refractivity contribution in [1.82, 2.24) is 9.97 Å². The van der Waals surface area contributed by atoms with Crippen molar-refractivity contribution in [2.75, 3.05) is 5.73 Å². The number of carboxylic acids is 1. The first kappa shape index (κ1) is 7.60. The summed E-state index contributed by atoms with van der Waals surface area (Å²) in [6, 6.07) is 3.01. The van der Waals surface area contributed by atoms with Gasteiger partial charge in [0.15, 0.2) is 0 Å². The van der Waals surface area contributed by atoms with Gasteiger partial charge in [0, 0.05) is 6.20 Å². The topological polar surface area (TPSA) is 92.0 Å². The van der Waals surface area contributed by atoms with Crippen LogP contribution in [0.15, 0.2) is 18.3 Å². The second kappa shape index (κ2) is 2.48. The number of nitrogens with one attached hydrogen (secondary N) is 1. The molecule has 0 aromatic carbocycles. The van der Waals surface area contributed by atoms with Crippen molar-refractivity contribution in [2.24, 2.45) is 0 Å². The first-order chi connectivity index (χ1) is 6.18. The molecule has 2 aromatic heterocycles. The molecule has 0 aliphatic rings. The Bertz CT molecular complexity index is 475. The third-order valence-electron chi connectivity index (χ3n) is 1.77. The van der Waals surface area contributed by atoms with Gasteiger partial charge in [0.2, 0.25) is 0 Å². The van der Waals surface area contributed by atoms with Crippen LogP contribution in [0.5, 0.6) is 0 Å². The van der Waals surface area contributed by atoms with Gasteiger partial charge >= 0.3 is 5.97 Å². The summed E-state index contributed by atoms with van der Waals surface area (Å²) in [5.41, 5.74) is 6.65. The van der Waals surface area contributed by atoms with Gasteiger partial charge in [-0.25, -0.2) is 9.78 Å². The van der Waals surface area contributed by atoms with Crippen LogP contribution in [0.2, 0.25) is 0 Å². The van der Waals surface area contributed by atoms with E-state index in [4.69, 9.17) is 10.8 Å². The summed E-state index contributed by atoms with van der Waals surface area (Å²) >= 11 is 0. The van der Waals surface area contributed by atoms with Gasteiger partial charge in [0.05, 0.1) is 16.6 Å². The Labute approximate surface area is 73.2 Å². The molecule has 2 aromatic rings. The molecule has 0 bridgehead atoms. The Hall–Kier alpha value is -2.04. The summed E-state index contributed by atoms with van der Waals surface area (Å²) in [7, 11) is 0. The number of carbonyl (C=O) groups is 1. The molecule has 0 aliphatic carbocycles. The summed E-state index contributed by atoms with van der Waals surface area (Å²) in [5.74, 6) is -0.800. The molecule has 0 amide bonds. The molecule has 5 heteroatoms. The lowest BCUT2D eigenvalue weighted by molar-refractivity contribution is 0.0699. The Morgan fingerprint density at radius 3 is 3.08 bits per heavy atom. The van der Waals surface area contributed by atoms with Crippen LogP contribution in [0.1, 0.15) is 10.4 Å². The average Bonchev–Trinajstić information content (AvgIpc) is 2.49. The van der Waals surface area contributed by atoms with E-state index < -0.39 is 5.97 Å². The highest BCUT2D eigenvalue weighted by atomic mass is 16.4. The molecule has 2 rings (SSSR count). The molecule has 13 heavy (non-hydrogen) atoms. The van der Waals surface area contributed by atoms with E-state index in [2.05, 4.69) is 9.97 Å². The number of hydrogen-bond donors (Lipinski definition) is 3. The van der Waals surface area contributed by atoms with Crippen LogP contribution < -0.4 is 5.73 Å². The van der Waals surface area contributed by atoms with Gasteiger partial charge in [-0.3, -0.25) is 0 Å². The standard InChI is InChI=1S/C8H7N3O2/c9-6-3-4(8(12)13)7-5(11-6)1-2-10-7/h1-3,10H,(H2,9,11)(H,12,13). The van der Waals surface area contributed by atoms with E-state index in [1.54, 1.807) is 12.3 Å². The molecule has 0 spiro atoms. The van der Waals surface area contributed by atoms with Crippen molar-refractivity contribution in [2.45, 2.75) is 0 Å². The maximum atomic E-state index is 10.8. The zero-order valence-corrected chi connectivity index (χ0v) is 6.61. The number of carboxylic acid groups (broad SMARTS) is 1. The van der Waals surface area contributed by atoms with Gasteiger partial charge in [-0.1, -0.05) is 0 Å². The third kappa shape index (κ3) is 1.10. The number of hydrogen-bond acceptors (Lipinski definition) is 3. The predicted octanol–water partition coefficient (Wildman–Crippen LogP) is 0.843. The van der Waals surface area contributed by atoms with Crippen molar-refractivity contribution < 1.29 is 9.90 Å². The van der Waals surface area contributed by atoms with Crippen molar-refractivity contribution in [3.8, 4) is 0 Å². The normalized spacial score (nSPS) is 10.5. The smallest absolute Gasteiger partial charge is 0.338 e. The third-order valence-corrected chi connectivity index (χ3v) is 1.77. The molecule has 66 valence electrons. The molecule has 4 N–H and O–H groups in total. The number of nitrogen functional groups attached to an aromatic ring is 1. The Kier molecular flexibility index (Phi) is 1.45. The molecular formula is C8H7N3O2. The van der Waals surface area contributed by atoms with Gasteiger partial charge in [-0.05, 0) is 12.1 Å². The summed E-state index contributed by atoms with van der Waals surface area (Å²) in [6.07, 6.45) is 1.63. The lowest BCUT2D eigenvalue weighted by Gasteiger charge is -1.98. The van der Waals surface area contributed by atoms with Gasteiger partial charge in [0.25, 0.3) is 0 Å². The first-order valence-corrected chi connectivity index (χ1v) is 3.65. The number of aromatic carboxylic acids is 1. The molecule has 0 unspecified atom stereocenters. The number of nitrogens with two attached hydrogens (primary N) is 1. The lowest BCUT2D eigenvalue weighted by Crippen LogP contribution is -2.01. The van der Waals surface area contributed by atoms with Crippen molar-refractivity contribution >= 4 is 22.8 Å². The molecular weight excluding hydrogens is 170 g/mol. The van der Waals surface area contributed by atoms with Gasteiger partial charge in [0.1, 0.15) is 5.82 Å². The minimum absolute atomic E-state index is 0.146. The van der Waals surface area contributed by atoms with Crippen molar-refractivity contribution in [3.05, 3.63) is 23.9 Å². The molecule has 0 saturated carbocycles. The number of H-pyrrole nitrogens is 1. The van der Waals surface area contributed by atoms with Crippen LogP contribution in [0.4, 0.5) is 5.82 Å². The van der Waals surface area contributed by atoms with Crippen molar-refractivity contribution in [1.29, 1.82) is 0 Å². The summed E-state index contributed by atoms with van der Waals surface area (Å²) in [6.45, 7) is 0. The molecule has 0 radical (unpaired) electrons. The van der Waals surface area contributed by atoms with E-state index in [-0.39, 0.29) is 11.4 Å². The molecule has 2 heterocycles. The molecule has 0 atom stereocenters. The number of aromatic amines is 1. The fraction of sp³-hybridized carbons (Fsp3) is 0. The minimum atomic E-state index is -1.01. The first-order valence-electron chi connectivity index (χ1n) is 3.65. The lowest BCUT2D eigenvalue weighted by atomic mass is 10.2. The quantitative estimate of drug-likeness (QED) is 0.601. The highest BCUT2D eigenvalue weighted by Gasteiger charge is 2.10. The minimum Gasteiger partial charge on any atom is -0.478 e. The zero-order chi connectivity index (χ0) is 9.42. The Morgan fingerprint density at radius 1 is 1.62 bits per heavy atom. The SMILES string of the molecule is Nc1cc(C(=O)O)c2[nH]ccc2n1. The maximum absolute atomic E-state index is 10.8. The van der Waals surface area contributed by atoms with E-state index in [0.29, 0.717) is 11.0 Å². The summed E-state index contributed by atoms with van der Waals surface area (Å²) < 4.78 is 0. The molecule has 0 fully saturated rings. The van der Waals surface area contributed by atoms with Crippen molar-refractivity contribution in [3.63, 3.8) is 0 Å². The van der Waals surface area contributed by atoms with Crippen LogP contribution in [0.25, 0.3) is 11.0 Å². The zero-order valence-electron chi connectivity index (χ0n) is 6.61. The second-order valence-electron chi connectivity index (χ2n) is 2.64. The number of pyridine rings is 1. The monoisotopic (exact) mass is 177 g/mol. The van der Waals surface area contributed by atoms with Crippen LogP contribution in [0.3, 0.4) is 0 Å². The number of aromatic nitrogens is 2. The van der Waals surface area contributed by atoms with Gasteiger partial charge in [-0.15, -0.1) is 0 Å². The van der Waals surface area contributed by atoms with Gasteiger partial charge < -0.3 is 15.8 Å². The summed E-state index contributed by atoms with van der Waals surface area (Å²) in [4.78, 5) is 17.5. The van der Waals surface area contributed by atoms with Crippen LogP contribution >= 0.6 is 0 Å². The Balaban J connectivity index is 2.84. The van der Waals surface area contributed by atoms with E-state index in [1.807, 2.05) is 0 Å². The fourth-order valence-electron chi connectivity index (χ4n) is 1.23. The molecule has 0 saturated heterocycles. The number of nitrogens with zero attached hydrogens (tertiary/aromatic N) is 1. The maximum Gasteiger partial charge on any atom is 0.338 e. The van der Waals surface area contributed by atoms with Gasteiger partial charge in [-0.2, -0.15) is 0 Å². The average molecular weight is 177 g/mol. The Morgan fingerprint density at radius 2 is 2.38 bits per heavy atom. The number of rotatable bonds is 1. The van der Waals surface area contributed by atoms with E-state index >= 15 is 0 Å². The predicted molar refractivity (Wildman–Crippen MR) is 47.5 cm³/mol. The van der Waals surface area contributed by atoms with E-state index in [1.165, 1.54) is 6.07 Å². The fourth-order valence-corrected chi connectivity index (χ4v) is 1.23. The highest BCUT2D eigenvalue weighted by molar-refractivity contribution is 6.01.